The van der Waals surface area contributed by atoms with Crippen LogP contribution in [0.5, 0.6) is 0 Å². The second kappa shape index (κ2) is 4.50. The molecule has 1 fully saturated rings. The van der Waals surface area contributed by atoms with E-state index in [9.17, 15) is 8.78 Å². The molecule has 2 N–H and O–H groups in total. The Morgan fingerprint density at radius 3 is 2.25 bits per heavy atom. The highest BCUT2D eigenvalue weighted by Gasteiger charge is 2.33. The predicted octanol–water partition coefficient (Wildman–Crippen LogP) is 3.22. The smallest absolute Gasteiger partial charge is 0.239 e. The van der Waals surface area contributed by atoms with E-state index in [2.05, 4.69) is 0 Å². The van der Waals surface area contributed by atoms with Gasteiger partial charge in [-0.15, -0.1) is 0 Å². The van der Waals surface area contributed by atoms with Gasteiger partial charge in [-0.3, -0.25) is 0 Å². The van der Waals surface area contributed by atoms with E-state index >= 15 is 0 Å². The molecule has 88 valence electrons. The Hall–Kier alpha value is -0.960. The maximum atomic E-state index is 12.0. The number of hydrogen-bond acceptors (Lipinski definition) is 1. The van der Waals surface area contributed by atoms with Crippen molar-refractivity contribution in [2.45, 2.75) is 44.1 Å². The molecule has 3 heteroatoms. The number of aryl methyl sites for hydroxylation is 1. The molecule has 0 unspecified atom stereocenters. The third kappa shape index (κ3) is 2.40. The molecule has 1 aliphatic carbocycles. The highest BCUT2D eigenvalue weighted by molar-refractivity contribution is 5.30. The summed E-state index contributed by atoms with van der Waals surface area (Å²) in [5, 5.41) is 0. The van der Waals surface area contributed by atoms with Crippen LogP contribution in [-0.2, 0) is 12.0 Å². The van der Waals surface area contributed by atoms with Crippen LogP contribution in [0.3, 0.4) is 0 Å². The summed E-state index contributed by atoms with van der Waals surface area (Å²) < 4.78 is 24.1. The first-order chi connectivity index (χ1) is 7.60. The van der Waals surface area contributed by atoms with E-state index in [-0.39, 0.29) is 12.0 Å². The fraction of sp³-hybridized carbons (Fsp3) is 0.538. The number of halogens is 2. The quantitative estimate of drug-likeness (QED) is 0.836. The van der Waals surface area contributed by atoms with Crippen LogP contribution in [0.15, 0.2) is 24.3 Å². The van der Waals surface area contributed by atoms with Crippen LogP contribution in [0, 0.1) is 0 Å². The molecule has 0 spiro atoms. The van der Waals surface area contributed by atoms with Crippen molar-refractivity contribution in [3.05, 3.63) is 35.4 Å². The van der Waals surface area contributed by atoms with E-state index in [1.807, 2.05) is 24.3 Å². The summed E-state index contributed by atoms with van der Waals surface area (Å²) in [4.78, 5) is 0. The summed E-state index contributed by atoms with van der Waals surface area (Å²) >= 11 is 0. The first kappa shape index (κ1) is 11.5. The lowest BCUT2D eigenvalue weighted by atomic mass is 9.72. The number of nitrogens with two attached hydrogens (primary N) is 1. The molecule has 0 saturated heterocycles. The van der Waals surface area contributed by atoms with Crippen LogP contribution in [0.4, 0.5) is 8.78 Å². The molecule has 0 aromatic heterocycles. The van der Waals surface area contributed by atoms with E-state index in [1.54, 1.807) is 0 Å². The second-order valence-electron chi connectivity index (χ2n) is 4.64. The Kier molecular flexibility index (Phi) is 3.24. The van der Waals surface area contributed by atoms with Crippen molar-refractivity contribution in [2.24, 2.45) is 5.73 Å². The zero-order chi connectivity index (χ0) is 11.6. The van der Waals surface area contributed by atoms with Gasteiger partial charge in [0.25, 0.3) is 0 Å². The first-order valence-corrected chi connectivity index (χ1v) is 5.77. The molecule has 0 amide bonds. The first-order valence-electron chi connectivity index (χ1n) is 5.77. The van der Waals surface area contributed by atoms with E-state index in [0.29, 0.717) is 6.42 Å². The Labute approximate surface area is 94.7 Å². The largest absolute Gasteiger partial charge is 0.321 e. The maximum absolute atomic E-state index is 12.0. The number of rotatable bonds is 4. The summed E-state index contributed by atoms with van der Waals surface area (Å²) in [6, 6.07) is 7.81. The molecule has 0 heterocycles. The average Bonchev–Trinajstić information content (AvgIpc) is 2.24. The molecule has 1 saturated carbocycles. The molecule has 0 aliphatic heterocycles. The van der Waals surface area contributed by atoms with E-state index in [0.717, 1.165) is 24.0 Å². The molecule has 0 bridgehead atoms. The van der Waals surface area contributed by atoms with Crippen molar-refractivity contribution in [3.63, 3.8) is 0 Å². The van der Waals surface area contributed by atoms with Gasteiger partial charge in [-0.05, 0) is 36.8 Å². The molecular weight excluding hydrogens is 208 g/mol. The zero-order valence-electron chi connectivity index (χ0n) is 9.26. The van der Waals surface area contributed by atoms with Crippen molar-refractivity contribution in [1.82, 2.24) is 0 Å². The molecule has 0 atom stereocenters. The topological polar surface area (TPSA) is 26.0 Å². The van der Waals surface area contributed by atoms with Crippen molar-refractivity contribution in [1.29, 1.82) is 0 Å². The normalized spacial score (nSPS) is 18.5. The summed E-state index contributed by atoms with van der Waals surface area (Å²) in [5.41, 5.74) is 8.13. The van der Waals surface area contributed by atoms with Gasteiger partial charge in [-0.2, -0.15) is 0 Å². The molecule has 1 aromatic carbocycles. The minimum Gasteiger partial charge on any atom is -0.321 e. The standard InChI is InChI=1S/C13H17F2N/c14-12(15)7-4-10-2-5-11(6-3-10)13(16)8-1-9-13/h2-3,5-6,12H,1,4,7-9,16H2. The van der Waals surface area contributed by atoms with Crippen LogP contribution in [-0.4, -0.2) is 6.43 Å². The lowest BCUT2D eigenvalue weighted by Gasteiger charge is -2.38. The Morgan fingerprint density at radius 2 is 1.81 bits per heavy atom. The van der Waals surface area contributed by atoms with Crippen molar-refractivity contribution in [2.75, 3.05) is 0 Å². The summed E-state index contributed by atoms with van der Waals surface area (Å²) in [7, 11) is 0. The van der Waals surface area contributed by atoms with Crippen LogP contribution < -0.4 is 5.73 Å². The van der Waals surface area contributed by atoms with Gasteiger partial charge in [-0.25, -0.2) is 8.78 Å². The van der Waals surface area contributed by atoms with Gasteiger partial charge in [0.2, 0.25) is 6.43 Å². The van der Waals surface area contributed by atoms with Crippen molar-refractivity contribution < 1.29 is 8.78 Å². The Bertz CT molecular complexity index is 341. The molecule has 16 heavy (non-hydrogen) atoms. The molecule has 2 rings (SSSR count). The minimum atomic E-state index is -2.22. The zero-order valence-corrected chi connectivity index (χ0v) is 9.26. The minimum absolute atomic E-state index is 0.0624. The highest BCUT2D eigenvalue weighted by atomic mass is 19.3. The van der Waals surface area contributed by atoms with Crippen molar-refractivity contribution in [3.8, 4) is 0 Å². The predicted molar refractivity (Wildman–Crippen MR) is 60.5 cm³/mol. The monoisotopic (exact) mass is 225 g/mol. The van der Waals surface area contributed by atoms with Gasteiger partial charge in [0.05, 0.1) is 0 Å². The number of alkyl halides is 2. The van der Waals surface area contributed by atoms with Gasteiger partial charge in [0.1, 0.15) is 0 Å². The molecule has 1 aromatic rings. The number of hydrogen-bond donors (Lipinski definition) is 1. The summed E-state index contributed by atoms with van der Waals surface area (Å²) in [5.74, 6) is 0. The van der Waals surface area contributed by atoms with Gasteiger partial charge in [-0.1, -0.05) is 24.3 Å². The van der Waals surface area contributed by atoms with Crippen LogP contribution in [0.25, 0.3) is 0 Å². The van der Waals surface area contributed by atoms with Crippen molar-refractivity contribution >= 4 is 0 Å². The van der Waals surface area contributed by atoms with E-state index in [4.69, 9.17) is 5.73 Å². The van der Waals surface area contributed by atoms with E-state index in [1.165, 1.54) is 6.42 Å². The van der Waals surface area contributed by atoms with Gasteiger partial charge < -0.3 is 5.73 Å². The van der Waals surface area contributed by atoms with E-state index < -0.39 is 6.43 Å². The van der Waals surface area contributed by atoms with Gasteiger partial charge in [0.15, 0.2) is 0 Å². The Balaban J connectivity index is 1.99. The van der Waals surface area contributed by atoms with Gasteiger partial charge in [0, 0.05) is 12.0 Å². The fourth-order valence-electron chi connectivity index (χ4n) is 2.13. The Morgan fingerprint density at radius 1 is 1.19 bits per heavy atom. The summed E-state index contributed by atoms with van der Waals surface area (Å²) in [6.45, 7) is 0. The van der Waals surface area contributed by atoms with Crippen LogP contribution >= 0.6 is 0 Å². The molecular formula is C13H17F2N. The lowest BCUT2D eigenvalue weighted by Crippen LogP contribution is -2.43. The van der Waals surface area contributed by atoms with Gasteiger partial charge >= 0.3 is 0 Å². The van der Waals surface area contributed by atoms with Crippen LogP contribution in [0.1, 0.15) is 36.8 Å². The lowest BCUT2D eigenvalue weighted by molar-refractivity contribution is 0.138. The third-order valence-electron chi connectivity index (χ3n) is 3.43. The summed E-state index contributed by atoms with van der Waals surface area (Å²) in [6.07, 6.45) is 1.41. The molecule has 1 nitrogen and oxygen atoms in total. The third-order valence-corrected chi connectivity index (χ3v) is 3.43. The van der Waals surface area contributed by atoms with Crippen LogP contribution in [0.2, 0.25) is 0 Å². The maximum Gasteiger partial charge on any atom is 0.239 e. The average molecular weight is 225 g/mol. The number of benzene rings is 1. The second-order valence-corrected chi connectivity index (χ2v) is 4.64. The fourth-order valence-corrected chi connectivity index (χ4v) is 2.13. The molecule has 0 radical (unpaired) electrons. The highest BCUT2D eigenvalue weighted by Crippen LogP contribution is 2.38. The SMILES string of the molecule is NC1(c2ccc(CCC(F)F)cc2)CCC1. The molecule has 1 aliphatic rings.